The van der Waals surface area contributed by atoms with Gasteiger partial charge in [0.1, 0.15) is 18.2 Å². The summed E-state index contributed by atoms with van der Waals surface area (Å²) in [5.41, 5.74) is 1.20. The zero-order valence-electron chi connectivity index (χ0n) is 17.0. The van der Waals surface area contributed by atoms with Gasteiger partial charge in [-0.05, 0) is 54.8 Å². The molecule has 0 amide bonds. The van der Waals surface area contributed by atoms with Gasteiger partial charge in [0, 0.05) is 44.9 Å². The molecule has 2 heterocycles. The molecule has 6 nitrogen and oxygen atoms in total. The smallest absolute Gasteiger partial charge is 0.193 e. The fourth-order valence-corrected chi connectivity index (χ4v) is 3.32. The Hall–Kier alpha value is -1.74. The van der Waals surface area contributed by atoms with Gasteiger partial charge >= 0.3 is 0 Å². The second-order valence-electron chi connectivity index (χ2n) is 6.84. The van der Waals surface area contributed by atoms with Gasteiger partial charge in [-0.15, -0.1) is 24.0 Å². The number of likely N-dealkylation sites (N-methyl/N-ethyl adjacent to an activating group) is 1. The molecule has 1 fully saturated rings. The number of benzene rings is 1. The minimum absolute atomic E-state index is 0. The van der Waals surface area contributed by atoms with E-state index in [1.807, 2.05) is 43.6 Å². The first kappa shape index (κ1) is 23.5. The van der Waals surface area contributed by atoms with Crippen LogP contribution in [-0.4, -0.2) is 56.2 Å². The van der Waals surface area contributed by atoms with Crippen molar-refractivity contribution in [3.05, 3.63) is 53.2 Å². The van der Waals surface area contributed by atoms with Crippen LogP contribution in [0.2, 0.25) is 5.02 Å². The van der Waals surface area contributed by atoms with Crippen molar-refractivity contribution >= 4 is 47.4 Å². The highest BCUT2D eigenvalue weighted by Crippen LogP contribution is 2.18. The van der Waals surface area contributed by atoms with E-state index in [0.29, 0.717) is 18.2 Å². The molecule has 1 aliphatic rings. The van der Waals surface area contributed by atoms with Crippen LogP contribution >= 0.6 is 35.6 Å². The van der Waals surface area contributed by atoms with Gasteiger partial charge < -0.3 is 19.9 Å². The molecule has 0 bridgehead atoms. The van der Waals surface area contributed by atoms with Crippen LogP contribution in [0.4, 0.5) is 5.82 Å². The molecule has 0 atom stereocenters. The number of guanidine groups is 1. The van der Waals surface area contributed by atoms with Gasteiger partial charge in [-0.25, -0.2) is 4.98 Å². The molecule has 1 aromatic carbocycles. The number of nitrogens with zero attached hydrogens (tertiary/aromatic N) is 4. The van der Waals surface area contributed by atoms with Crippen molar-refractivity contribution in [2.24, 2.45) is 4.99 Å². The highest BCUT2D eigenvalue weighted by molar-refractivity contribution is 14.0. The van der Waals surface area contributed by atoms with E-state index in [4.69, 9.17) is 16.3 Å². The number of hydrogen-bond acceptors (Lipinski definition) is 4. The molecule has 0 aliphatic carbocycles. The molecule has 3 rings (SSSR count). The van der Waals surface area contributed by atoms with Crippen LogP contribution in [0.3, 0.4) is 0 Å². The second kappa shape index (κ2) is 12.1. The van der Waals surface area contributed by atoms with Crippen LogP contribution in [0.1, 0.15) is 18.4 Å². The van der Waals surface area contributed by atoms with E-state index < -0.39 is 0 Å². The Labute approximate surface area is 195 Å². The SMILES string of the molecule is CN=C(NCc1ccnc(N2CCCC2)c1)N(C)CCOc1ccc(Cl)cc1.I. The molecule has 158 valence electrons. The zero-order valence-corrected chi connectivity index (χ0v) is 20.1. The molecule has 0 saturated carbocycles. The van der Waals surface area contributed by atoms with E-state index in [1.54, 1.807) is 7.05 Å². The van der Waals surface area contributed by atoms with Crippen molar-refractivity contribution < 1.29 is 4.74 Å². The first-order valence-electron chi connectivity index (χ1n) is 9.66. The third kappa shape index (κ3) is 7.22. The molecule has 2 aromatic rings. The molecule has 0 spiro atoms. The number of anilines is 1. The minimum Gasteiger partial charge on any atom is -0.492 e. The number of rotatable bonds is 7. The molecule has 0 radical (unpaired) electrons. The molecule has 0 unspecified atom stereocenters. The third-order valence-corrected chi connectivity index (χ3v) is 5.03. The van der Waals surface area contributed by atoms with Crippen molar-refractivity contribution in [2.45, 2.75) is 19.4 Å². The van der Waals surface area contributed by atoms with Crippen molar-refractivity contribution in [3.8, 4) is 5.75 Å². The Balaban J connectivity index is 0.00000300. The Bertz CT molecular complexity index is 781. The Kier molecular flexibility index (Phi) is 9.80. The van der Waals surface area contributed by atoms with Crippen LogP contribution in [0.5, 0.6) is 5.75 Å². The first-order valence-corrected chi connectivity index (χ1v) is 10.0. The summed E-state index contributed by atoms with van der Waals surface area (Å²) in [6.07, 6.45) is 4.39. The molecular formula is C21H29ClIN5O. The fraction of sp³-hybridized carbons (Fsp3) is 0.429. The summed E-state index contributed by atoms with van der Waals surface area (Å²) < 4.78 is 5.76. The highest BCUT2D eigenvalue weighted by atomic mass is 127. The average molecular weight is 530 g/mol. The summed E-state index contributed by atoms with van der Waals surface area (Å²) in [4.78, 5) is 13.3. The minimum atomic E-state index is 0. The Morgan fingerprint density at radius 3 is 2.66 bits per heavy atom. The Morgan fingerprint density at radius 1 is 1.24 bits per heavy atom. The topological polar surface area (TPSA) is 53.0 Å². The summed E-state index contributed by atoms with van der Waals surface area (Å²) >= 11 is 5.89. The van der Waals surface area contributed by atoms with Gasteiger partial charge in [-0.2, -0.15) is 0 Å². The van der Waals surface area contributed by atoms with E-state index >= 15 is 0 Å². The number of hydrogen-bond donors (Lipinski definition) is 1. The maximum absolute atomic E-state index is 5.89. The molecule has 1 aromatic heterocycles. The van der Waals surface area contributed by atoms with Crippen LogP contribution in [0.15, 0.2) is 47.6 Å². The fourth-order valence-electron chi connectivity index (χ4n) is 3.19. The van der Waals surface area contributed by atoms with Crippen LogP contribution < -0.4 is 15.0 Å². The maximum Gasteiger partial charge on any atom is 0.193 e. The van der Waals surface area contributed by atoms with E-state index in [1.165, 1.54) is 18.4 Å². The van der Waals surface area contributed by atoms with E-state index in [-0.39, 0.29) is 24.0 Å². The lowest BCUT2D eigenvalue weighted by Gasteiger charge is -2.22. The highest BCUT2D eigenvalue weighted by Gasteiger charge is 2.14. The predicted molar refractivity (Wildman–Crippen MR) is 131 cm³/mol. The third-order valence-electron chi connectivity index (χ3n) is 4.77. The Morgan fingerprint density at radius 2 is 1.97 bits per heavy atom. The standard InChI is InChI=1S/C21H28ClN5O.HI/c1-23-21(26(2)13-14-28-19-7-5-18(22)6-8-19)25-16-17-9-10-24-20(15-17)27-11-3-4-12-27;/h5-10,15H,3-4,11-14,16H2,1-2H3,(H,23,25);1H. The average Bonchev–Trinajstić information content (AvgIpc) is 3.25. The van der Waals surface area contributed by atoms with E-state index in [9.17, 15) is 0 Å². The van der Waals surface area contributed by atoms with Crippen LogP contribution in [0.25, 0.3) is 0 Å². The molecule has 8 heteroatoms. The van der Waals surface area contributed by atoms with E-state index in [2.05, 4.69) is 31.2 Å². The number of aliphatic imine (C=N–C) groups is 1. The monoisotopic (exact) mass is 529 g/mol. The largest absolute Gasteiger partial charge is 0.492 e. The quantitative estimate of drug-likeness (QED) is 0.333. The number of ether oxygens (including phenoxy) is 1. The lowest BCUT2D eigenvalue weighted by Crippen LogP contribution is -2.40. The van der Waals surface area contributed by atoms with Gasteiger partial charge in [-0.3, -0.25) is 4.99 Å². The van der Waals surface area contributed by atoms with Gasteiger partial charge in [-0.1, -0.05) is 11.6 Å². The first-order chi connectivity index (χ1) is 13.7. The van der Waals surface area contributed by atoms with Crippen molar-refractivity contribution in [3.63, 3.8) is 0 Å². The lowest BCUT2D eigenvalue weighted by molar-refractivity contribution is 0.281. The van der Waals surface area contributed by atoms with Crippen LogP contribution in [0, 0.1) is 0 Å². The van der Waals surface area contributed by atoms with Crippen LogP contribution in [-0.2, 0) is 6.54 Å². The van der Waals surface area contributed by atoms with Crippen molar-refractivity contribution in [1.29, 1.82) is 0 Å². The molecule has 29 heavy (non-hydrogen) atoms. The van der Waals surface area contributed by atoms with Gasteiger partial charge in [0.25, 0.3) is 0 Å². The number of halogens is 2. The summed E-state index contributed by atoms with van der Waals surface area (Å²) in [6.45, 7) is 4.19. The summed E-state index contributed by atoms with van der Waals surface area (Å²) in [5.74, 6) is 2.71. The number of nitrogens with one attached hydrogen (secondary N) is 1. The molecular weight excluding hydrogens is 501 g/mol. The summed E-state index contributed by atoms with van der Waals surface area (Å²) in [7, 11) is 3.80. The summed E-state index contributed by atoms with van der Waals surface area (Å²) in [5, 5.41) is 4.12. The summed E-state index contributed by atoms with van der Waals surface area (Å²) in [6, 6.07) is 11.6. The number of pyridine rings is 1. The normalized spacial score (nSPS) is 13.8. The maximum atomic E-state index is 5.89. The molecule has 1 aliphatic heterocycles. The van der Waals surface area contributed by atoms with Crippen molar-refractivity contribution in [2.75, 3.05) is 45.2 Å². The number of aromatic nitrogens is 1. The molecule has 1 saturated heterocycles. The van der Waals surface area contributed by atoms with Gasteiger partial charge in [0.05, 0.1) is 6.54 Å². The molecule has 1 N–H and O–H groups in total. The van der Waals surface area contributed by atoms with Crippen molar-refractivity contribution in [1.82, 2.24) is 15.2 Å². The van der Waals surface area contributed by atoms with E-state index in [0.717, 1.165) is 37.2 Å². The second-order valence-corrected chi connectivity index (χ2v) is 7.28. The predicted octanol–water partition coefficient (Wildman–Crippen LogP) is 4.04. The lowest BCUT2D eigenvalue weighted by atomic mass is 10.2. The van der Waals surface area contributed by atoms with Gasteiger partial charge in [0.2, 0.25) is 0 Å². The zero-order chi connectivity index (χ0) is 19.8. The van der Waals surface area contributed by atoms with Gasteiger partial charge in [0.15, 0.2) is 5.96 Å².